The summed E-state index contributed by atoms with van der Waals surface area (Å²) in [4.78, 5) is 9.10. The molecule has 0 radical (unpaired) electrons. The molecule has 122 valence electrons. The average Bonchev–Trinajstić information content (AvgIpc) is 3.19. The standard InChI is InChI=1S/C22H18N2S/c1-2-16-12-13-23-14-20(16)22-24-21(15-25-22)19-10-8-18(9-11-19)17-6-4-3-5-7-17/h3-15H,2H2,1H3. The molecule has 4 rings (SSSR count). The number of aryl methyl sites for hydroxylation is 1. The zero-order chi connectivity index (χ0) is 17.1. The SMILES string of the molecule is CCc1ccncc1-c1nc(-c2ccc(-c3ccccc3)cc2)cs1. The van der Waals surface area contributed by atoms with Crippen molar-refractivity contribution in [3.05, 3.63) is 84.0 Å². The molecule has 0 unspecified atom stereocenters. The van der Waals surface area contributed by atoms with Gasteiger partial charge in [-0.2, -0.15) is 0 Å². The van der Waals surface area contributed by atoms with Crippen LogP contribution in [0.1, 0.15) is 12.5 Å². The highest BCUT2D eigenvalue weighted by Gasteiger charge is 2.10. The predicted molar refractivity (Wildman–Crippen MR) is 106 cm³/mol. The molecule has 25 heavy (non-hydrogen) atoms. The molecule has 0 saturated heterocycles. The van der Waals surface area contributed by atoms with Crippen molar-refractivity contribution in [1.82, 2.24) is 9.97 Å². The predicted octanol–water partition coefficient (Wildman–Crippen LogP) is 6.10. The minimum absolute atomic E-state index is 0.985. The summed E-state index contributed by atoms with van der Waals surface area (Å²) in [6.07, 6.45) is 4.75. The fraction of sp³-hybridized carbons (Fsp3) is 0.0909. The molecule has 2 aromatic carbocycles. The fourth-order valence-electron chi connectivity index (χ4n) is 2.92. The molecule has 0 amide bonds. The third-order valence-electron chi connectivity index (χ3n) is 4.31. The molecule has 0 N–H and O–H groups in total. The van der Waals surface area contributed by atoms with Crippen LogP contribution in [0.15, 0.2) is 78.4 Å². The van der Waals surface area contributed by atoms with Gasteiger partial charge < -0.3 is 0 Å². The Morgan fingerprint density at radius 2 is 1.56 bits per heavy atom. The first-order chi connectivity index (χ1) is 12.3. The van der Waals surface area contributed by atoms with Crippen LogP contribution in [0, 0.1) is 0 Å². The molecule has 0 fully saturated rings. The lowest BCUT2D eigenvalue weighted by Gasteiger charge is -2.04. The van der Waals surface area contributed by atoms with Gasteiger partial charge in [-0.25, -0.2) is 4.98 Å². The quantitative estimate of drug-likeness (QED) is 0.448. The van der Waals surface area contributed by atoms with Crippen LogP contribution in [-0.4, -0.2) is 9.97 Å². The summed E-state index contributed by atoms with van der Waals surface area (Å²) >= 11 is 1.68. The number of aromatic nitrogens is 2. The van der Waals surface area contributed by atoms with Crippen LogP contribution in [0.3, 0.4) is 0 Å². The molecule has 4 aromatic rings. The number of hydrogen-bond acceptors (Lipinski definition) is 3. The number of benzene rings is 2. The molecule has 3 heteroatoms. The second kappa shape index (κ2) is 6.99. The number of pyridine rings is 1. The summed E-state index contributed by atoms with van der Waals surface area (Å²) in [6, 6.07) is 21.1. The lowest BCUT2D eigenvalue weighted by atomic mass is 10.0. The molecule has 0 aliphatic rings. The van der Waals surface area contributed by atoms with Gasteiger partial charge in [0.05, 0.1) is 5.69 Å². The summed E-state index contributed by atoms with van der Waals surface area (Å²) < 4.78 is 0. The Hall–Kier alpha value is -2.78. The third kappa shape index (κ3) is 3.24. The van der Waals surface area contributed by atoms with E-state index in [9.17, 15) is 0 Å². The zero-order valence-corrected chi connectivity index (χ0v) is 14.8. The van der Waals surface area contributed by atoms with Gasteiger partial charge in [0.25, 0.3) is 0 Å². The van der Waals surface area contributed by atoms with Crippen LogP contribution in [0.25, 0.3) is 33.0 Å². The molecular formula is C22H18N2S. The maximum Gasteiger partial charge on any atom is 0.125 e. The molecule has 0 saturated carbocycles. The smallest absolute Gasteiger partial charge is 0.125 e. The summed E-state index contributed by atoms with van der Waals surface area (Å²) in [5.41, 5.74) is 7.04. The van der Waals surface area contributed by atoms with E-state index in [1.54, 1.807) is 11.3 Å². The lowest BCUT2D eigenvalue weighted by Crippen LogP contribution is -1.88. The van der Waals surface area contributed by atoms with Gasteiger partial charge in [-0.05, 0) is 29.2 Å². The van der Waals surface area contributed by atoms with Crippen LogP contribution < -0.4 is 0 Å². The first-order valence-corrected chi connectivity index (χ1v) is 9.28. The number of hydrogen-bond donors (Lipinski definition) is 0. The second-order valence-corrected chi connectivity index (χ2v) is 6.73. The van der Waals surface area contributed by atoms with Gasteiger partial charge in [0, 0.05) is 28.9 Å². The van der Waals surface area contributed by atoms with Crippen LogP contribution in [0.5, 0.6) is 0 Å². The molecule has 0 atom stereocenters. The van der Waals surface area contributed by atoms with Crippen LogP contribution in [-0.2, 0) is 6.42 Å². The topological polar surface area (TPSA) is 25.8 Å². The monoisotopic (exact) mass is 342 g/mol. The van der Waals surface area contributed by atoms with Crippen molar-refractivity contribution in [2.75, 3.05) is 0 Å². The number of nitrogens with zero attached hydrogens (tertiary/aromatic N) is 2. The maximum absolute atomic E-state index is 4.84. The Bertz CT molecular complexity index is 972. The van der Waals surface area contributed by atoms with Crippen molar-refractivity contribution < 1.29 is 0 Å². The highest BCUT2D eigenvalue weighted by molar-refractivity contribution is 7.13. The van der Waals surface area contributed by atoms with Gasteiger partial charge in [0.15, 0.2) is 0 Å². The Kier molecular flexibility index (Phi) is 4.40. The molecule has 0 aliphatic heterocycles. The normalized spacial score (nSPS) is 10.8. The molecule has 2 aromatic heterocycles. The van der Waals surface area contributed by atoms with Crippen molar-refractivity contribution in [3.63, 3.8) is 0 Å². The highest BCUT2D eigenvalue weighted by Crippen LogP contribution is 2.31. The van der Waals surface area contributed by atoms with Crippen molar-refractivity contribution in [2.24, 2.45) is 0 Å². The van der Waals surface area contributed by atoms with Gasteiger partial charge in [-0.1, -0.05) is 61.5 Å². The van der Waals surface area contributed by atoms with Crippen LogP contribution in [0.4, 0.5) is 0 Å². The van der Waals surface area contributed by atoms with E-state index in [-0.39, 0.29) is 0 Å². The summed E-state index contributed by atoms with van der Waals surface area (Å²) in [5, 5.41) is 3.16. The Balaban J connectivity index is 1.64. The molecular weight excluding hydrogens is 324 g/mol. The van der Waals surface area contributed by atoms with Gasteiger partial charge in [-0.15, -0.1) is 11.3 Å². The largest absolute Gasteiger partial charge is 0.264 e. The number of rotatable bonds is 4. The molecule has 2 heterocycles. The Morgan fingerprint density at radius 3 is 2.32 bits per heavy atom. The van der Waals surface area contributed by atoms with E-state index in [4.69, 9.17) is 4.98 Å². The van der Waals surface area contributed by atoms with E-state index in [1.165, 1.54) is 16.7 Å². The summed E-state index contributed by atoms with van der Waals surface area (Å²) in [7, 11) is 0. The highest BCUT2D eigenvalue weighted by atomic mass is 32.1. The van der Waals surface area contributed by atoms with Crippen LogP contribution >= 0.6 is 11.3 Å². The van der Waals surface area contributed by atoms with E-state index >= 15 is 0 Å². The fourth-order valence-corrected chi connectivity index (χ4v) is 3.79. The summed E-state index contributed by atoms with van der Waals surface area (Å²) in [6.45, 7) is 2.16. The lowest BCUT2D eigenvalue weighted by molar-refractivity contribution is 1.12. The van der Waals surface area contributed by atoms with Crippen molar-refractivity contribution >= 4 is 11.3 Å². The molecule has 2 nitrogen and oxygen atoms in total. The van der Waals surface area contributed by atoms with Crippen molar-refractivity contribution in [1.29, 1.82) is 0 Å². The Morgan fingerprint density at radius 1 is 0.840 bits per heavy atom. The first kappa shape index (κ1) is 15.7. The minimum atomic E-state index is 0.985. The van der Waals surface area contributed by atoms with Crippen molar-refractivity contribution in [3.8, 4) is 33.0 Å². The molecule has 0 aliphatic carbocycles. The maximum atomic E-state index is 4.84. The Labute approximate surface area is 151 Å². The van der Waals surface area contributed by atoms with E-state index in [2.05, 4.69) is 71.9 Å². The van der Waals surface area contributed by atoms with E-state index < -0.39 is 0 Å². The van der Waals surface area contributed by atoms with E-state index in [1.807, 2.05) is 18.5 Å². The minimum Gasteiger partial charge on any atom is -0.264 e. The van der Waals surface area contributed by atoms with Gasteiger partial charge in [0.1, 0.15) is 5.01 Å². The van der Waals surface area contributed by atoms with Crippen molar-refractivity contribution in [2.45, 2.75) is 13.3 Å². The van der Waals surface area contributed by atoms with E-state index in [0.717, 1.165) is 28.2 Å². The van der Waals surface area contributed by atoms with Gasteiger partial charge in [-0.3, -0.25) is 4.98 Å². The molecule has 0 bridgehead atoms. The zero-order valence-electron chi connectivity index (χ0n) is 14.0. The summed E-state index contributed by atoms with van der Waals surface area (Å²) in [5.74, 6) is 0. The average molecular weight is 342 g/mol. The number of thiazole rings is 1. The third-order valence-corrected chi connectivity index (χ3v) is 5.19. The van der Waals surface area contributed by atoms with Gasteiger partial charge >= 0.3 is 0 Å². The van der Waals surface area contributed by atoms with Gasteiger partial charge in [0.2, 0.25) is 0 Å². The second-order valence-electron chi connectivity index (χ2n) is 5.87. The molecule has 0 spiro atoms. The first-order valence-electron chi connectivity index (χ1n) is 8.40. The van der Waals surface area contributed by atoms with E-state index in [0.29, 0.717) is 0 Å². The van der Waals surface area contributed by atoms with Crippen LogP contribution in [0.2, 0.25) is 0 Å².